The zero-order valence-corrected chi connectivity index (χ0v) is 9.78. The van der Waals surface area contributed by atoms with E-state index >= 15 is 0 Å². The van der Waals surface area contributed by atoms with Crippen LogP contribution in [0, 0.1) is 0 Å². The highest BCUT2D eigenvalue weighted by Crippen LogP contribution is 2.21. The lowest BCUT2D eigenvalue weighted by Crippen LogP contribution is -2.20. The van der Waals surface area contributed by atoms with Gasteiger partial charge in [-0.25, -0.2) is 4.79 Å². The Kier molecular flexibility index (Phi) is 3.46. The molecule has 98 valence electrons. The van der Waals surface area contributed by atoms with Gasteiger partial charge in [0.15, 0.2) is 0 Å². The molecule has 0 spiro atoms. The molecule has 19 heavy (non-hydrogen) atoms. The van der Waals surface area contributed by atoms with Crippen LogP contribution in [-0.2, 0) is 11.3 Å². The van der Waals surface area contributed by atoms with E-state index < -0.39 is 11.9 Å². The van der Waals surface area contributed by atoms with E-state index in [9.17, 15) is 14.7 Å². The number of phenolic OH excluding ortho intramolecular Hbond substituents is 1. The van der Waals surface area contributed by atoms with Crippen LogP contribution in [-0.4, -0.2) is 31.9 Å². The third-order valence-corrected chi connectivity index (χ3v) is 2.37. The molecule has 7 heteroatoms. The van der Waals surface area contributed by atoms with Crippen LogP contribution < -0.4 is 5.32 Å². The highest BCUT2D eigenvalue weighted by atomic mass is 16.4. The molecule has 0 bridgehead atoms. The number of nitrogens with one attached hydrogen (secondary N) is 1. The van der Waals surface area contributed by atoms with Gasteiger partial charge in [-0.05, 0) is 24.3 Å². The number of carboxylic acids is 1. The number of nitrogens with zero attached hydrogens (tertiary/aromatic N) is 2. The number of aromatic hydroxyl groups is 1. The maximum atomic E-state index is 11.7. The van der Waals surface area contributed by atoms with Crippen LogP contribution in [0.5, 0.6) is 5.75 Å². The number of carboxylic acid groups (broad SMARTS) is 1. The van der Waals surface area contributed by atoms with Crippen molar-refractivity contribution in [2.75, 3.05) is 5.32 Å². The standard InChI is InChI=1S/C12H11N3O4/c16-8-2-3-10(9(6-8)12(18)19)14-11(17)7-15-5-1-4-13-15/h1-6,16H,7H2,(H,14,17)(H,18,19). The second-order valence-electron chi connectivity index (χ2n) is 3.79. The Morgan fingerprint density at radius 2 is 2.16 bits per heavy atom. The molecule has 0 fully saturated rings. The lowest BCUT2D eigenvalue weighted by Gasteiger charge is -2.08. The van der Waals surface area contributed by atoms with Gasteiger partial charge >= 0.3 is 5.97 Å². The van der Waals surface area contributed by atoms with Gasteiger partial charge in [0.25, 0.3) is 0 Å². The molecule has 1 aromatic carbocycles. The second-order valence-corrected chi connectivity index (χ2v) is 3.79. The summed E-state index contributed by atoms with van der Waals surface area (Å²) in [4.78, 5) is 22.7. The number of anilines is 1. The lowest BCUT2D eigenvalue weighted by atomic mass is 10.1. The zero-order valence-electron chi connectivity index (χ0n) is 9.78. The van der Waals surface area contributed by atoms with Crippen molar-refractivity contribution in [3.63, 3.8) is 0 Å². The minimum absolute atomic E-state index is 0.0209. The Morgan fingerprint density at radius 1 is 1.37 bits per heavy atom. The van der Waals surface area contributed by atoms with E-state index in [1.54, 1.807) is 12.3 Å². The van der Waals surface area contributed by atoms with Gasteiger partial charge in [0.1, 0.15) is 12.3 Å². The Bertz CT molecular complexity index is 607. The fraction of sp³-hybridized carbons (Fsp3) is 0.0833. The number of hydrogen-bond acceptors (Lipinski definition) is 4. The highest BCUT2D eigenvalue weighted by molar-refractivity contribution is 6.00. The summed E-state index contributed by atoms with van der Waals surface area (Å²) in [5.41, 5.74) is -0.0451. The van der Waals surface area contributed by atoms with Gasteiger partial charge in [0.2, 0.25) is 5.91 Å². The number of phenols is 1. The van der Waals surface area contributed by atoms with Crippen LogP contribution in [0.3, 0.4) is 0 Å². The summed E-state index contributed by atoms with van der Waals surface area (Å²) in [6, 6.07) is 5.39. The van der Waals surface area contributed by atoms with E-state index in [2.05, 4.69) is 10.4 Å². The van der Waals surface area contributed by atoms with Crippen LogP contribution in [0.15, 0.2) is 36.7 Å². The van der Waals surface area contributed by atoms with Crippen LogP contribution in [0.4, 0.5) is 5.69 Å². The summed E-state index contributed by atoms with van der Waals surface area (Å²) in [6.45, 7) is -0.0209. The van der Waals surface area contributed by atoms with Crippen LogP contribution >= 0.6 is 0 Å². The molecule has 3 N–H and O–H groups in total. The van der Waals surface area contributed by atoms with Gasteiger partial charge in [-0.3, -0.25) is 9.48 Å². The number of amides is 1. The molecule has 0 aliphatic rings. The number of rotatable bonds is 4. The third kappa shape index (κ3) is 3.09. The minimum Gasteiger partial charge on any atom is -0.508 e. The SMILES string of the molecule is O=C(Cn1cccn1)Nc1ccc(O)cc1C(=O)O. The average Bonchev–Trinajstić information content (AvgIpc) is 2.83. The van der Waals surface area contributed by atoms with Gasteiger partial charge in [-0.2, -0.15) is 5.10 Å². The predicted octanol–water partition coefficient (Wildman–Crippen LogP) is 0.926. The van der Waals surface area contributed by atoms with Crippen molar-refractivity contribution >= 4 is 17.6 Å². The minimum atomic E-state index is -1.23. The highest BCUT2D eigenvalue weighted by Gasteiger charge is 2.13. The Morgan fingerprint density at radius 3 is 2.79 bits per heavy atom. The van der Waals surface area contributed by atoms with E-state index in [0.717, 1.165) is 6.07 Å². The summed E-state index contributed by atoms with van der Waals surface area (Å²) in [6.07, 6.45) is 3.16. The molecular formula is C12H11N3O4. The molecule has 2 rings (SSSR count). The van der Waals surface area contributed by atoms with E-state index in [4.69, 9.17) is 5.11 Å². The van der Waals surface area contributed by atoms with E-state index in [0.29, 0.717) is 0 Å². The van der Waals surface area contributed by atoms with Gasteiger partial charge in [0.05, 0.1) is 11.3 Å². The summed E-state index contributed by atoms with van der Waals surface area (Å²) in [5, 5.41) is 24.6. The molecule has 0 unspecified atom stereocenters. The lowest BCUT2D eigenvalue weighted by molar-refractivity contribution is -0.116. The number of hydrogen-bond donors (Lipinski definition) is 3. The fourth-order valence-corrected chi connectivity index (χ4v) is 1.55. The van der Waals surface area contributed by atoms with Crippen molar-refractivity contribution in [1.29, 1.82) is 0 Å². The van der Waals surface area contributed by atoms with E-state index in [1.165, 1.54) is 23.0 Å². The molecule has 2 aromatic rings. The first kappa shape index (κ1) is 12.6. The summed E-state index contributed by atoms with van der Waals surface area (Å²) < 4.78 is 1.41. The van der Waals surface area contributed by atoms with E-state index in [1.807, 2.05) is 0 Å². The molecule has 0 radical (unpaired) electrons. The van der Waals surface area contributed by atoms with Crippen LogP contribution in [0.2, 0.25) is 0 Å². The average molecular weight is 261 g/mol. The van der Waals surface area contributed by atoms with Crippen molar-refractivity contribution in [1.82, 2.24) is 9.78 Å². The number of carbonyl (C=O) groups excluding carboxylic acids is 1. The molecule has 1 aromatic heterocycles. The molecular weight excluding hydrogens is 250 g/mol. The number of carbonyl (C=O) groups is 2. The van der Waals surface area contributed by atoms with Gasteiger partial charge < -0.3 is 15.5 Å². The maximum Gasteiger partial charge on any atom is 0.337 e. The van der Waals surface area contributed by atoms with Crippen molar-refractivity contribution in [2.45, 2.75) is 6.54 Å². The largest absolute Gasteiger partial charge is 0.508 e. The zero-order chi connectivity index (χ0) is 13.8. The fourth-order valence-electron chi connectivity index (χ4n) is 1.55. The first-order chi connectivity index (χ1) is 9.06. The molecule has 0 aliphatic carbocycles. The Hall–Kier alpha value is -2.83. The summed E-state index contributed by atoms with van der Waals surface area (Å²) in [5.74, 6) is -1.82. The van der Waals surface area contributed by atoms with Crippen LogP contribution in [0.25, 0.3) is 0 Å². The molecule has 0 atom stereocenters. The first-order valence-corrected chi connectivity index (χ1v) is 5.40. The smallest absolute Gasteiger partial charge is 0.337 e. The molecule has 0 saturated heterocycles. The monoisotopic (exact) mass is 261 g/mol. The molecule has 0 saturated carbocycles. The van der Waals surface area contributed by atoms with Crippen molar-refractivity contribution in [3.8, 4) is 5.75 Å². The van der Waals surface area contributed by atoms with E-state index in [-0.39, 0.29) is 23.5 Å². The quantitative estimate of drug-likeness (QED) is 0.710. The predicted molar refractivity (Wildman–Crippen MR) is 65.9 cm³/mol. The normalized spacial score (nSPS) is 10.1. The number of aromatic nitrogens is 2. The third-order valence-electron chi connectivity index (χ3n) is 2.37. The molecule has 7 nitrogen and oxygen atoms in total. The summed E-state index contributed by atoms with van der Waals surface area (Å²) in [7, 11) is 0. The molecule has 1 heterocycles. The van der Waals surface area contributed by atoms with Gasteiger partial charge in [-0.1, -0.05) is 0 Å². The summed E-state index contributed by atoms with van der Waals surface area (Å²) >= 11 is 0. The van der Waals surface area contributed by atoms with Crippen molar-refractivity contribution < 1.29 is 19.8 Å². The van der Waals surface area contributed by atoms with Gasteiger partial charge in [-0.15, -0.1) is 0 Å². The Labute approximate surface area is 108 Å². The molecule has 1 amide bonds. The maximum absolute atomic E-state index is 11.7. The topological polar surface area (TPSA) is 104 Å². The number of benzene rings is 1. The van der Waals surface area contributed by atoms with Crippen molar-refractivity contribution in [2.24, 2.45) is 0 Å². The van der Waals surface area contributed by atoms with Crippen molar-refractivity contribution in [3.05, 3.63) is 42.2 Å². The number of aromatic carboxylic acids is 1. The second kappa shape index (κ2) is 5.21. The van der Waals surface area contributed by atoms with Gasteiger partial charge in [0, 0.05) is 12.4 Å². The van der Waals surface area contributed by atoms with Crippen LogP contribution in [0.1, 0.15) is 10.4 Å². The first-order valence-electron chi connectivity index (χ1n) is 5.40. The molecule has 0 aliphatic heterocycles. The Balaban J connectivity index is 2.14.